The largest absolute Gasteiger partial charge is 0.309 e. The third kappa shape index (κ3) is 2.61. The molecule has 0 atom stereocenters. The molecule has 2 rings (SSSR count). The molecule has 0 spiro atoms. The molecule has 2 aromatic rings. The molecule has 0 saturated heterocycles. The Bertz CT molecular complexity index is 482. The van der Waals surface area contributed by atoms with E-state index in [0.29, 0.717) is 0 Å². The van der Waals surface area contributed by atoms with Crippen molar-refractivity contribution in [3.8, 4) is 10.6 Å². The van der Waals surface area contributed by atoms with Crippen LogP contribution in [0.1, 0.15) is 19.5 Å². The van der Waals surface area contributed by atoms with Gasteiger partial charge in [0, 0.05) is 24.5 Å². The van der Waals surface area contributed by atoms with Crippen LogP contribution < -0.4 is 4.31 Å². The Morgan fingerprint density at radius 1 is 1.41 bits per heavy atom. The number of hydrogen-bond acceptors (Lipinski definition) is 5. The highest BCUT2D eigenvalue weighted by atomic mass is 32.1. The lowest BCUT2D eigenvalue weighted by Crippen LogP contribution is -2.08. The molecule has 2 heterocycles. The highest BCUT2D eigenvalue weighted by Gasteiger charge is 2.14. The summed E-state index contributed by atoms with van der Waals surface area (Å²) in [5.74, 6) is 0. The molecule has 0 aliphatic heterocycles. The SMILES string of the molecule is CCc1nc(-c2cccnc2)sc1N(S)CC. The first-order valence-electron chi connectivity index (χ1n) is 5.62. The predicted octanol–water partition coefficient (Wildman–Crippen LogP) is 3.44. The van der Waals surface area contributed by atoms with Crippen LogP contribution >= 0.6 is 24.2 Å². The molecule has 90 valence electrons. The average Bonchev–Trinajstić information content (AvgIpc) is 2.83. The van der Waals surface area contributed by atoms with Crippen molar-refractivity contribution < 1.29 is 0 Å². The maximum Gasteiger partial charge on any atom is 0.127 e. The number of rotatable bonds is 4. The van der Waals surface area contributed by atoms with E-state index in [-0.39, 0.29) is 0 Å². The van der Waals surface area contributed by atoms with Crippen molar-refractivity contribution in [3.63, 3.8) is 0 Å². The van der Waals surface area contributed by atoms with Crippen molar-refractivity contribution in [2.75, 3.05) is 10.8 Å². The van der Waals surface area contributed by atoms with Crippen LogP contribution in [0, 0.1) is 0 Å². The number of thiazole rings is 1. The molecular formula is C12H15N3S2. The van der Waals surface area contributed by atoms with Crippen molar-refractivity contribution in [3.05, 3.63) is 30.2 Å². The minimum atomic E-state index is 0.866. The van der Waals surface area contributed by atoms with Gasteiger partial charge >= 0.3 is 0 Å². The highest BCUT2D eigenvalue weighted by molar-refractivity contribution is 7.82. The Morgan fingerprint density at radius 3 is 2.82 bits per heavy atom. The lowest BCUT2D eigenvalue weighted by Gasteiger charge is -2.12. The van der Waals surface area contributed by atoms with E-state index >= 15 is 0 Å². The second-order valence-corrected chi connectivity index (χ2v) is 5.04. The lowest BCUT2D eigenvalue weighted by molar-refractivity contribution is 1.03. The molecule has 0 radical (unpaired) electrons. The van der Waals surface area contributed by atoms with Crippen molar-refractivity contribution in [2.45, 2.75) is 20.3 Å². The molecule has 0 amide bonds. The van der Waals surface area contributed by atoms with E-state index in [4.69, 9.17) is 0 Å². The van der Waals surface area contributed by atoms with Gasteiger partial charge in [0.2, 0.25) is 0 Å². The highest BCUT2D eigenvalue weighted by Crippen LogP contribution is 2.35. The Labute approximate surface area is 111 Å². The van der Waals surface area contributed by atoms with Gasteiger partial charge in [-0.1, -0.05) is 31.1 Å². The predicted molar refractivity (Wildman–Crippen MR) is 76.7 cm³/mol. The third-order valence-electron chi connectivity index (χ3n) is 2.45. The smallest absolute Gasteiger partial charge is 0.127 e. The summed E-state index contributed by atoms with van der Waals surface area (Å²) < 4.78 is 1.94. The summed E-state index contributed by atoms with van der Waals surface area (Å²) in [5.41, 5.74) is 2.17. The van der Waals surface area contributed by atoms with E-state index in [1.54, 1.807) is 17.5 Å². The maximum atomic E-state index is 4.66. The fourth-order valence-corrected chi connectivity index (χ4v) is 2.89. The van der Waals surface area contributed by atoms with Gasteiger partial charge in [-0.15, -0.1) is 0 Å². The molecule has 17 heavy (non-hydrogen) atoms. The molecule has 0 saturated carbocycles. The summed E-state index contributed by atoms with van der Waals surface area (Å²) in [6, 6.07) is 3.96. The second kappa shape index (κ2) is 5.51. The van der Waals surface area contributed by atoms with Gasteiger partial charge in [0.05, 0.1) is 5.69 Å². The van der Waals surface area contributed by atoms with Crippen molar-refractivity contribution in [1.29, 1.82) is 0 Å². The van der Waals surface area contributed by atoms with E-state index in [1.165, 1.54) is 0 Å². The second-order valence-electron chi connectivity index (χ2n) is 3.58. The third-order valence-corrected chi connectivity index (χ3v) is 4.24. The fraction of sp³-hybridized carbons (Fsp3) is 0.333. The topological polar surface area (TPSA) is 29.0 Å². The van der Waals surface area contributed by atoms with Crippen LogP contribution in [0.25, 0.3) is 10.6 Å². The number of anilines is 1. The summed E-state index contributed by atoms with van der Waals surface area (Å²) in [6.45, 7) is 5.06. The summed E-state index contributed by atoms with van der Waals surface area (Å²) in [6.07, 6.45) is 4.54. The van der Waals surface area contributed by atoms with Crippen molar-refractivity contribution in [1.82, 2.24) is 9.97 Å². The van der Waals surface area contributed by atoms with E-state index in [2.05, 4.69) is 36.6 Å². The molecule has 0 bridgehead atoms. The van der Waals surface area contributed by atoms with Gasteiger partial charge in [-0.3, -0.25) is 4.98 Å². The number of aromatic nitrogens is 2. The van der Waals surface area contributed by atoms with Gasteiger partial charge in [-0.25, -0.2) is 4.98 Å². The minimum absolute atomic E-state index is 0.866. The first-order chi connectivity index (χ1) is 8.26. The van der Waals surface area contributed by atoms with Crippen LogP contribution in [-0.2, 0) is 6.42 Å². The zero-order valence-electron chi connectivity index (χ0n) is 9.92. The maximum absolute atomic E-state index is 4.66. The quantitative estimate of drug-likeness (QED) is 0.859. The van der Waals surface area contributed by atoms with Gasteiger partial charge < -0.3 is 4.31 Å². The normalized spacial score (nSPS) is 10.5. The molecule has 5 heteroatoms. The first-order valence-corrected chi connectivity index (χ1v) is 6.84. The van der Waals surface area contributed by atoms with Crippen molar-refractivity contribution in [2.24, 2.45) is 0 Å². The number of aryl methyl sites for hydroxylation is 1. The number of nitrogens with zero attached hydrogens (tertiary/aromatic N) is 3. The van der Waals surface area contributed by atoms with E-state index in [0.717, 1.165) is 34.2 Å². The van der Waals surface area contributed by atoms with E-state index in [1.807, 2.05) is 22.6 Å². The minimum Gasteiger partial charge on any atom is -0.309 e. The summed E-state index contributed by atoms with van der Waals surface area (Å²) in [4.78, 5) is 8.78. The van der Waals surface area contributed by atoms with Gasteiger partial charge in [0.25, 0.3) is 0 Å². The summed E-state index contributed by atoms with van der Waals surface area (Å²) in [5, 5.41) is 2.15. The monoisotopic (exact) mass is 265 g/mol. The lowest BCUT2D eigenvalue weighted by atomic mass is 10.3. The molecule has 0 unspecified atom stereocenters. The van der Waals surface area contributed by atoms with Crippen LogP contribution in [0.4, 0.5) is 5.00 Å². The molecule has 0 aromatic carbocycles. The van der Waals surface area contributed by atoms with Gasteiger partial charge in [-0.2, -0.15) is 0 Å². The van der Waals surface area contributed by atoms with Crippen LogP contribution in [0.5, 0.6) is 0 Å². The Balaban J connectivity index is 2.41. The zero-order chi connectivity index (χ0) is 12.3. The molecule has 2 aromatic heterocycles. The molecule has 0 aliphatic rings. The van der Waals surface area contributed by atoms with Gasteiger partial charge in [0.15, 0.2) is 0 Å². The van der Waals surface area contributed by atoms with Crippen LogP contribution in [0.15, 0.2) is 24.5 Å². The Morgan fingerprint density at radius 2 is 2.24 bits per heavy atom. The fourth-order valence-electron chi connectivity index (χ4n) is 1.53. The number of pyridine rings is 1. The van der Waals surface area contributed by atoms with Crippen LogP contribution in [-0.4, -0.2) is 16.5 Å². The Hall–Kier alpha value is -1.07. The standard InChI is InChI=1S/C12H15N3S2/c1-3-10-12(15(16)4-2)17-11(14-10)9-6-5-7-13-8-9/h5-8,16H,3-4H2,1-2H3. The van der Waals surface area contributed by atoms with Crippen LogP contribution in [0.3, 0.4) is 0 Å². The average molecular weight is 265 g/mol. The van der Waals surface area contributed by atoms with Crippen molar-refractivity contribution >= 4 is 29.2 Å². The van der Waals surface area contributed by atoms with Crippen LogP contribution in [0.2, 0.25) is 0 Å². The van der Waals surface area contributed by atoms with E-state index in [9.17, 15) is 0 Å². The number of thiol groups is 1. The Kier molecular flexibility index (Phi) is 4.02. The molecule has 0 aliphatic carbocycles. The molecular weight excluding hydrogens is 250 g/mol. The summed E-state index contributed by atoms with van der Waals surface area (Å²) >= 11 is 6.13. The summed E-state index contributed by atoms with van der Waals surface area (Å²) in [7, 11) is 0. The zero-order valence-corrected chi connectivity index (χ0v) is 11.6. The van der Waals surface area contributed by atoms with Gasteiger partial charge in [-0.05, 0) is 25.5 Å². The number of hydrogen-bond donors (Lipinski definition) is 1. The molecule has 3 nitrogen and oxygen atoms in total. The van der Waals surface area contributed by atoms with E-state index < -0.39 is 0 Å². The van der Waals surface area contributed by atoms with Gasteiger partial charge in [0.1, 0.15) is 10.0 Å². The first kappa shape index (κ1) is 12.4. The molecule has 0 N–H and O–H groups in total. The molecule has 0 fully saturated rings.